The van der Waals surface area contributed by atoms with E-state index in [4.69, 9.17) is 5.11 Å². The standard InChI is InChI=1S/C15H23NO2S/c1-4-10-16-11(3)12-6-8-13(9-7-12)19-14(5-2)15(17)18/h6-9,11,14,16H,4-5,10H2,1-3H3,(H,17,18). The van der Waals surface area contributed by atoms with Crippen LogP contribution in [0.4, 0.5) is 0 Å². The van der Waals surface area contributed by atoms with Crippen LogP contribution in [0.25, 0.3) is 0 Å². The van der Waals surface area contributed by atoms with Gasteiger partial charge in [-0.3, -0.25) is 4.79 Å². The summed E-state index contributed by atoms with van der Waals surface area (Å²) in [5.41, 5.74) is 1.24. The van der Waals surface area contributed by atoms with Crippen molar-refractivity contribution in [2.45, 2.75) is 49.8 Å². The second-order valence-electron chi connectivity index (χ2n) is 4.60. The number of hydrogen-bond donors (Lipinski definition) is 2. The number of hydrogen-bond acceptors (Lipinski definition) is 3. The van der Waals surface area contributed by atoms with Gasteiger partial charge in [0.05, 0.1) is 0 Å². The Morgan fingerprint density at radius 2 is 1.95 bits per heavy atom. The Kier molecular flexibility index (Phi) is 6.95. The number of rotatable bonds is 8. The Labute approximate surface area is 119 Å². The Morgan fingerprint density at radius 1 is 1.32 bits per heavy atom. The molecular formula is C15H23NO2S. The quantitative estimate of drug-likeness (QED) is 0.713. The molecule has 0 saturated heterocycles. The fourth-order valence-electron chi connectivity index (χ4n) is 1.79. The maximum Gasteiger partial charge on any atom is 0.316 e. The molecule has 0 spiro atoms. The molecule has 19 heavy (non-hydrogen) atoms. The normalized spacial score (nSPS) is 14.1. The van der Waals surface area contributed by atoms with Crippen LogP contribution in [-0.2, 0) is 4.79 Å². The number of thioether (sulfide) groups is 1. The van der Waals surface area contributed by atoms with Crippen LogP contribution in [0.5, 0.6) is 0 Å². The SMILES string of the molecule is CCCNC(C)c1ccc(SC(CC)C(=O)O)cc1. The molecule has 2 N–H and O–H groups in total. The predicted molar refractivity (Wildman–Crippen MR) is 80.7 cm³/mol. The molecule has 0 aliphatic heterocycles. The summed E-state index contributed by atoms with van der Waals surface area (Å²) in [4.78, 5) is 12.0. The first-order chi connectivity index (χ1) is 9.08. The van der Waals surface area contributed by atoms with Crippen LogP contribution in [0.3, 0.4) is 0 Å². The molecule has 106 valence electrons. The van der Waals surface area contributed by atoms with Gasteiger partial charge in [0, 0.05) is 10.9 Å². The lowest BCUT2D eigenvalue weighted by atomic mass is 10.1. The summed E-state index contributed by atoms with van der Waals surface area (Å²) in [5, 5.41) is 12.1. The Morgan fingerprint density at radius 3 is 2.42 bits per heavy atom. The zero-order valence-corrected chi connectivity index (χ0v) is 12.7. The molecule has 0 heterocycles. The molecule has 0 fully saturated rings. The third-order valence-corrected chi connectivity index (χ3v) is 4.37. The number of benzene rings is 1. The molecule has 0 aromatic heterocycles. The van der Waals surface area contributed by atoms with E-state index in [1.165, 1.54) is 17.3 Å². The molecule has 2 unspecified atom stereocenters. The smallest absolute Gasteiger partial charge is 0.316 e. The molecule has 0 amide bonds. The van der Waals surface area contributed by atoms with Crippen LogP contribution in [0.2, 0.25) is 0 Å². The van der Waals surface area contributed by atoms with Crippen molar-refractivity contribution in [3.05, 3.63) is 29.8 Å². The van der Waals surface area contributed by atoms with Gasteiger partial charge in [-0.15, -0.1) is 11.8 Å². The number of carboxylic acid groups (broad SMARTS) is 1. The van der Waals surface area contributed by atoms with E-state index in [0.717, 1.165) is 17.9 Å². The zero-order valence-electron chi connectivity index (χ0n) is 11.8. The van der Waals surface area contributed by atoms with Crippen molar-refractivity contribution in [2.24, 2.45) is 0 Å². The fourth-order valence-corrected chi connectivity index (χ4v) is 2.68. The van der Waals surface area contributed by atoms with Crippen molar-refractivity contribution in [1.82, 2.24) is 5.32 Å². The van der Waals surface area contributed by atoms with Crippen LogP contribution in [0, 0.1) is 0 Å². The van der Waals surface area contributed by atoms with Crippen molar-refractivity contribution in [1.29, 1.82) is 0 Å². The topological polar surface area (TPSA) is 49.3 Å². The zero-order chi connectivity index (χ0) is 14.3. The molecule has 0 saturated carbocycles. The van der Waals surface area contributed by atoms with Crippen LogP contribution < -0.4 is 5.32 Å². The number of nitrogens with one attached hydrogen (secondary N) is 1. The third kappa shape index (κ3) is 5.25. The van der Waals surface area contributed by atoms with E-state index >= 15 is 0 Å². The summed E-state index contributed by atoms with van der Waals surface area (Å²) in [6.45, 7) is 7.20. The van der Waals surface area contributed by atoms with Crippen LogP contribution in [0.1, 0.15) is 45.2 Å². The summed E-state index contributed by atoms with van der Waals surface area (Å²) in [6.07, 6.45) is 1.76. The van der Waals surface area contributed by atoms with Crippen LogP contribution >= 0.6 is 11.8 Å². The minimum absolute atomic E-state index is 0.334. The molecule has 0 radical (unpaired) electrons. The summed E-state index contributed by atoms with van der Waals surface area (Å²) in [5.74, 6) is -0.741. The number of aliphatic carboxylic acids is 1. The molecule has 1 aromatic rings. The highest BCUT2D eigenvalue weighted by molar-refractivity contribution is 8.00. The molecule has 2 atom stereocenters. The maximum absolute atomic E-state index is 11.0. The van der Waals surface area contributed by atoms with Gasteiger partial charge in [0.2, 0.25) is 0 Å². The van der Waals surface area contributed by atoms with Gasteiger partial charge >= 0.3 is 5.97 Å². The molecular weight excluding hydrogens is 258 g/mol. The van der Waals surface area contributed by atoms with Crippen molar-refractivity contribution in [3.63, 3.8) is 0 Å². The molecule has 0 aliphatic rings. The highest BCUT2D eigenvalue weighted by atomic mass is 32.2. The van der Waals surface area contributed by atoms with Crippen molar-refractivity contribution in [2.75, 3.05) is 6.54 Å². The van der Waals surface area contributed by atoms with Crippen molar-refractivity contribution < 1.29 is 9.90 Å². The predicted octanol–water partition coefficient (Wildman–Crippen LogP) is 3.70. The van der Waals surface area contributed by atoms with Crippen LogP contribution in [0.15, 0.2) is 29.2 Å². The summed E-state index contributed by atoms with van der Waals surface area (Å²) in [6, 6.07) is 8.50. The maximum atomic E-state index is 11.0. The van der Waals surface area contributed by atoms with E-state index in [9.17, 15) is 4.79 Å². The summed E-state index contributed by atoms with van der Waals surface area (Å²) >= 11 is 1.42. The number of carboxylic acids is 1. The lowest BCUT2D eigenvalue weighted by molar-refractivity contribution is -0.136. The minimum Gasteiger partial charge on any atom is -0.480 e. The largest absolute Gasteiger partial charge is 0.480 e. The second kappa shape index (κ2) is 8.23. The lowest BCUT2D eigenvalue weighted by Gasteiger charge is -2.15. The third-order valence-electron chi connectivity index (χ3n) is 3.01. The van der Waals surface area contributed by atoms with Gasteiger partial charge in [-0.2, -0.15) is 0 Å². The van der Waals surface area contributed by atoms with E-state index in [0.29, 0.717) is 12.5 Å². The summed E-state index contributed by atoms with van der Waals surface area (Å²) in [7, 11) is 0. The first kappa shape index (κ1) is 16.1. The average Bonchev–Trinajstić information content (AvgIpc) is 2.42. The Balaban J connectivity index is 2.63. The highest BCUT2D eigenvalue weighted by Gasteiger charge is 2.16. The van der Waals surface area contributed by atoms with Gasteiger partial charge in [-0.05, 0) is 44.0 Å². The van der Waals surface area contributed by atoms with Crippen molar-refractivity contribution >= 4 is 17.7 Å². The van der Waals surface area contributed by atoms with E-state index < -0.39 is 5.97 Å². The molecule has 0 aliphatic carbocycles. The van der Waals surface area contributed by atoms with Gasteiger partial charge in [0.25, 0.3) is 0 Å². The summed E-state index contributed by atoms with van der Waals surface area (Å²) < 4.78 is 0. The lowest BCUT2D eigenvalue weighted by Crippen LogP contribution is -2.19. The monoisotopic (exact) mass is 281 g/mol. The van der Waals surface area contributed by atoms with E-state index in [1.54, 1.807) is 0 Å². The van der Waals surface area contributed by atoms with E-state index in [-0.39, 0.29) is 5.25 Å². The first-order valence-electron chi connectivity index (χ1n) is 6.81. The van der Waals surface area contributed by atoms with Gasteiger partial charge in [-0.1, -0.05) is 26.0 Å². The first-order valence-corrected chi connectivity index (χ1v) is 7.69. The van der Waals surface area contributed by atoms with E-state index in [1.807, 2.05) is 19.1 Å². The fraction of sp³-hybridized carbons (Fsp3) is 0.533. The molecule has 3 nitrogen and oxygen atoms in total. The highest BCUT2D eigenvalue weighted by Crippen LogP contribution is 2.26. The van der Waals surface area contributed by atoms with Gasteiger partial charge in [0.1, 0.15) is 5.25 Å². The Bertz CT molecular complexity index is 392. The van der Waals surface area contributed by atoms with Gasteiger partial charge in [0.15, 0.2) is 0 Å². The van der Waals surface area contributed by atoms with Gasteiger partial charge < -0.3 is 10.4 Å². The second-order valence-corrected chi connectivity index (χ2v) is 5.87. The van der Waals surface area contributed by atoms with E-state index in [2.05, 4.69) is 31.3 Å². The minimum atomic E-state index is -0.741. The molecule has 1 aromatic carbocycles. The van der Waals surface area contributed by atoms with Crippen molar-refractivity contribution in [3.8, 4) is 0 Å². The molecule has 1 rings (SSSR count). The van der Waals surface area contributed by atoms with Gasteiger partial charge in [-0.25, -0.2) is 0 Å². The average molecular weight is 281 g/mol. The molecule has 0 bridgehead atoms. The van der Waals surface area contributed by atoms with Crippen LogP contribution in [-0.4, -0.2) is 22.9 Å². The Hall–Kier alpha value is -1.00. The number of carbonyl (C=O) groups is 1. The molecule has 4 heteroatoms.